The molecular formula is C19H31N3O2. The number of hydrogen-bond acceptors (Lipinski definition) is 2. The van der Waals surface area contributed by atoms with Crippen LogP contribution in [0.15, 0.2) is 30.3 Å². The van der Waals surface area contributed by atoms with Crippen molar-refractivity contribution in [2.45, 2.75) is 59.0 Å². The van der Waals surface area contributed by atoms with E-state index < -0.39 is 0 Å². The predicted molar refractivity (Wildman–Crippen MR) is 97.8 cm³/mol. The van der Waals surface area contributed by atoms with E-state index in [1.807, 2.05) is 65.0 Å². The monoisotopic (exact) mass is 333 g/mol. The minimum absolute atomic E-state index is 0.0401. The smallest absolute Gasteiger partial charge is 0.317 e. The number of urea groups is 1. The summed E-state index contributed by atoms with van der Waals surface area (Å²) in [6.45, 7) is 10.9. The standard InChI is InChI=1S/C19H31N3O2/c1-6-13-22(18(24)21-19(3,4)5)14-12-17(23)20-15(2)16-10-8-7-9-11-16/h7-11,15H,6,12-14H2,1-5H3,(H,20,23)(H,21,24). The van der Waals surface area contributed by atoms with Crippen molar-refractivity contribution in [3.05, 3.63) is 35.9 Å². The summed E-state index contributed by atoms with van der Waals surface area (Å²) >= 11 is 0. The van der Waals surface area contributed by atoms with Crippen LogP contribution in [0.2, 0.25) is 0 Å². The van der Waals surface area contributed by atoms with E-state index >= 15 is 0 Å². The molecule has 0 radical (unpaired) electrons. The lowest BCUT2D eigenvalue weighted by molar-refractivity contribution is -0.121. The third kappa shape index (κ3) is 7.49. The van der Waals surface area contributed by atoms with Crippen molar-refractivity contribution < 1.29 is 9.59 Å². The van der Waals surface area contributed by atoms with Crippen LogP contribution >= 0.6 is 0 Å². The van der Waals surface area contributed by atoms with E-state index in [4.69, 9.17) is 0 Å². The maximum atomic E-state index is 12.3. The summed E-state index contributed by atoms with van der Waals surface area (Å²) in [6, 6.07) is 9.69. The zero-order valence-electron chi connectivity index (χ0n) is 15.6. The first-order valence-corrected chi connectivity index (χ1v) is 8.64. The van der Waals surface area contributed by atoms with E-state index in [0.717, 1.165) is 12.0 Å². The fourth-order valence-corrected chi connectivity index (χ4v) is 2.36. The first-order valence-electron chi connectivity index (χ1n) is 8.64. The van der Waals surface area contributed by atoms with Gasteiger partial charge in [0.15, 0.2) is 0 Å². The molecule has 0 bridgehead atoms. The zero-order valence-corrected chi connectivity index (χ0v) is 15.6. The van der Waals surface area contributed by atoms with Gasteiger partial charge >= 0.3 is 6.03 Å². The van der Waals surface area contributed by atoms with Crippen molar-refractivity contribution >= 4 is 11.9 Å². The maximum Gasteiger partial charge on any atom is 0.317 e. The summed E-state index contributed by atoms with van der Waals surface area (Å²) in [6.07, 6.45) is 1.16. The number of nitrogens with one attached hydrogen (secondary N) is 2. The highest BCUT2D eigenvalue weighted by Crippen LogP contribution is 2.11. The minimum atomic E-state index is -0.285. The Balaban J connectivity index is 2.51. The molecule has 1 rings (SSSR count). The Morgan fingerprint density at radius 2 is 1.75 bits per heavy atom. The molecule has 0 heterocycles. The fraction of sp³-hybridized carbons (Fsp3) is 0.579. The number of nitrogens with zero attached hydrogens (tertiary/aromatic N) is 1. The molecule has 2 N–H and O–H groups in total. The quantitative estimate of drug-likeness (QED) is 0.802. The van der Waals surface area contributed by atoms with Gasteiger partial charge in [-0.3, -0.25) is 4.79 Å². The molecule has 0 spiro atoms. The normalized spacial score (nSPS) is 12.4. The summed E-state index contributed by atoms with van der Waals surface area (Å²) in [7, 11) is 0. The topological polar surface area (TPSA) is 61.4 Å². The Bertz CT molecular complexity index is 523. The van der Waals surface area contributed by atoms with Crippen molar-refractivity contribution in [2.75, 3.05) is 13.1 Å². The van der Waals surface area contributed by atoms with Crippen LogP contribution in [0, 0.1) is 0 Å². The third-order valence-electron chi connectivity index (χ3n) is 3.55. The molecular weight excluding hydrogens is 302 g/mol. The molecule has 1 atom stereocenters. The van der Waals surface area contributed by atoms with Gasteiger partial charge in [-0.1, -0.05) is 37.3 Å². The van der Waals surface area contributed by atoms with E-state index in [-0.39, 0.29) is 23.5 Å². The summed E-state index contributed by atoms with van der Waals surface area (Å²) in [5.41, 5.74) is 0.786. The summed E-state index contributed by atoms with van der Waals surface area (Å²) in [4.78, 5) is 26.2. The van der Waals surface area contributed by atoms with Crippen molar-refractivity contribution in [3.8, 4) is 0 Å². The Morgan fingerprint density at radius 1 is 1.12 bits per heavy atom. The highest BCUT2D eigenvalue weighted by atomic mass is 16.2. The average Bonchev–Trinajstić information content (AvgIpc) is 2.50. The summed E-state index contributed by atoms with van der Waals surface area (Å²) < 4.78 is 0. The second-order valence-electron chi connectivity index (χ2n) is 7.12. The van der Waals surface area contributed by atoms with E-state index in [9.17, 15) is 9.59 Å². The van der Waals surface area contributed by atoms with Crippen LogP contribution in [0.4, 0.5) is 4.79 Å². The minimum Gasteiger partial charge on any atom is -0.350 e. The second-order valence-corrected chi connectivity index (χ2v) is 7.12. The molecule has 1 aromatic rings. The first kappa shape index (κ1) is 20.0. The van der Waals surface area contributed by atoms with Gasteiger partial charge < -0.3 is 15.5 Å². The molecule has 0 aliphatic carbocycles. The Hall–Kier alpha value is -2.04. The van der Waals surface area contributed by atoms with Gasteiger partial charge in [-0.2, -0.15) is 0 Å². The summed E-state index contributed by atoms with van der Waals surface area (Å²) in [5, 5.41) is 5.93. The molecule has 24 heavy (non-hydrogen) atoms. The van der Waals surface area contributed by atoms with Crippen LogP contribution in [-0.2, 0) is 4.79 Å². The van der Waals surface area contributed by atoms with Crippen LogP contribution in [0.5, 0.6) is 0 Å². The Kier molecular flexibility index (Phi) is 7.75. The molecule has 0 aliphatic heterocycles. The van der Waals surface area contributed by atoms with Crippen molar-refractivity contribution in [2.24, 2.45) is 0 Å². The van der Waals surface area contributed by atoms with Crippen molar-refractivity contribution in [1.29, 1.82) is 0 Å². The molecule has 0 saturated carbocycles. The van der Waals surface area contributed by atoms with Crippen LogP contribution < -0.4 is 10.6 Å². The molecule has 1 unspecified atom stereocenters. The highest BCUT2D eigenvalue weighted by molar-refractivity contribution is 5.78. The lowest BCUT2D eigenvalue weighted by Crippen LogP contribution is -2.49. The van der Waals surface area contributed by atoms with Crippen LogP contribution in [0.25, 0.3) is 0 Å². The number of carbonyl (C=O) groups excluding carboxylic acids is 2. The van der Waals surface area contributed by atoms with Crippen molar-refractivity contribution in [1.82, 2.24) is 15.5 Å². The van der Waals surface area contributed by atoms with Crippen LogP contribution in [-0.4, -0.2) is 35.5 Å². The molecule has 0 saturated heterocycles. The highest BCUT2D eigenvalue weighted by Gasteiger charge is 2.20. The van der Waals surface area contributed by atoms with Crippen LogP contribution in [0.1, 0.15) is 59.1 Å². The van der Waals surface area contributed by atoms with Crippen molar-refractivity contribution in [3.63, 3.8) is 0 Å². The van der Waals surface area contributed by atoms with Gasteiger partial charge in [0, 0.05) is 25.0 Å². The molecule has 3 amide bonds. The number of carbonyl (C=O) groups is 2. The first-order chi connectivity index (χ1) is 11.2. The summed E-state index contributed by atoms with van der Waals surface area (Å²) in [5.74, 6) is -0.0454. The van der Waals surface area contributed by atoms with E-state index in [1.165, 1.54) is 0 Å². The zero-order chi connectivity index (χ0) is 18.2. The predicted octanol–water partition coefficient (Wildman–Crippen LogP) is 3.47. The van der Waals surface area contributed by atoms with Gasteiger partial charge in [-0.15, -0.1) is 0 Å². The van der Waals surface area contributed by atoms with E-state index in [0.29, 0.717) is 19.5 Å². The third-order valence-corrected chi connectivity index (χ3v) is 3.55. The Labute approximate surface area is 145 Å². The lowest BCUT2D eigenvalue weighted by Gasteiger charge is -2.28. The second kappa shape index (κ2) is 9.30. The van der Waals surface area contributed by atoms with Gasteiger partial charge in [0.2, 0.25) is 5.91 Å². The Morgan fingerprint density at radius 3 is 2.29 bits per heavy atom. The van der Waals surface area contributed by atoms with E-state index in [1.54, 1.807) is 4.90 Å². The number of amides is 3. The molecule has 0 fully saturated rings. The van der Waals surface area contributed by atoms with Gasteiger partial charge in [0.25, 0.3) is 0 Å². The largest absolute Gasteiger partial charge is 0.350 e. The van der Waals surface area contributed by atoms with E-state index in [2.05, 4.69) is 10.6 Å². The maximum absolute atomic E-state index is 12.3. The van der Waals surface area contributed by atoms with Gasteiger partial charge in [-0.25, -0.2) is 4.79 Å². The van der Waals surface area contributed by atoms with Gasteiger partial charge in [0.05, 0.1) is 6.04 Å². The lowest BCUT2D eigenvalue weighted by atomic mass is 10.1. The molecule has 0 aromatic heterocycles. The molecule has 1 aromatic carbocycles. The molecule has 5 heteroatoms. The van der Waals surface area contributed by atoms with Crippen LogP contribution in [0.3, 0.4) is 0 Å². The molecule has 5 nitrogen and oxygen atoms in total. The number of rotatable bonds is 7. The average molecular weight is 333 g/mol. The van der Waals surface area contributed by atoms with Gasteiger partial charge in [0.1, 0.15) is 0 Å². The number of hydrogen-bond donors (Lipinski definition) is 2. The number of benzene rings is 1. The van der Waals surface area contributed by atoms with Gasteiger partial charge in [-0.05, 0) is 39.7 Å². The molecule has 134 valence electrons. The molecule has 0 aliphatic rings. The fourth-order valence-electron chi connectivity index (χ4n) is 2.36. The SMILES string of the molecule is CCCN(CCC(=O)NC(C)c1ccccc1)C(=O)NC(C)(C)C.